The summed E-state index contributed by atoms with van der Waals surface area (Å²) in [6.45, 7) is 6.48. The highest BCUT2D eigenvalue weighted by atomic mass is 32.1. The fraction of sp³-hybridized carbons (Fsp3) is 0.158. The van der Waals surface area contributed by atoms with E-state index < -0.39 is 0 Å². The molecule has 0 saturated heterocycles. The molecule has 20 heavy (non-hydrogen) atoms. The zero-order valence-electron chi connectivity index (χ0n) is 12.1. The number of hydrogen-bond donors (Lipinski definition) is 0. The zero-order chi connectivity index (χ0) is 14.1. The van der Waals surface area contributed by atoms with E-state index in [1.165, 1.54) is 37.6 Å². The van der Waals surface area contributed by atoms with Gasteiger partial charge in [0.1, 0.15) is 0 Å². The molecule has 0 amide bonds. The Morgan fingerprint density at radius 2 is 1.40 bits per heavy atom. The van der Waals surface area contributed by atoms with Gasteiger partial charge in [-0.3, -0.25) is 0 Å². The van der Waals surface area contributed by atoms with Gasteiger partial charge in [-0.15, -0.1) is 11.3 Å². The Hall–Kier alpha value is -1.86. The first-order valence-electron chi connectivity index (χ1n) is 6.88. The Bertz CT molecular complexity index is 733. The molecule has 1 aromatic heterocycles. The minimum absolute atomic E-state index is 1.28. The van der Waals surface area contributed by atoms with E-state index in [4.69, 9.17) is 0 Å². The highest BCUT2D eigenvalue weighted by Gasteiger charge is 2.06. The van der Waals surface area contributed by atoms with Gasteiger partial charge < -0.3 is 0 Å². The van der Waals surface area contributed by atoms with Gasteiger partial charge in [-0.2, -0.15) is 0 Å². The molecule has 0 N–H and O–H groups in total. The van der Waals surface area contributed by atoms with E-state index in [0.29, 0.717) is 0 Å². The van der Waals surface area contributed by atoms with Crippen LogP contribution in [0.3, 0.4) is 0 Å². The van der Waals surface area contributed by atoms with Crippen LogP contribution < -0.4 is 0 Å². The van der Waals surface area contributed by atoms with E-state index in [-0.39, 0.29) is 0 Å². The van der Waals surface area contributed by atoms with Crippen molar-refractivity contribution in [2.24, 2.45) is 0 Å². The summed E-state index contributed by atoms with van der Waals surface area (Å²) in [7, 11) is 0. The van der Waals surface area contributed by atoms with Crippen LogP contribution in [0.4, 0.5) is 0 Å². The van der Waals surface area contributed by atoms with Gasteiger partial charge in [-0.05, 0) is 55.2 Å². The molecular weight excluding hydrogens is 260 g/mol. The topological polar surface area (TPSA) is 0 Å². The molecule has 0 atom stereocenters. The van der Waals surface area contributed by atoms with Crippen molar-refractivity contribution < 1.29 is 0 Å². The highest BCUT2D eigenvalue weighted by Crippen LogP contribution is 2.32. The summed E-state index contributed by atoms with van der Waals surface area (Å²) >= 11 is 1.86. The van der Waals surface area contributed by atoms with Crippen molar-refractivity contribution in [1.82, 2.24) is 0 Å². The minimum Gasteiger partial charge on any atom is -0.141 e. The second-order valence-corrected chi connectivity index (χ2v) is 6.59. The van der Waals surface area contributed by atoms with Crippen LogP contribution >= 0.6 is 11.3 Å². The maximum atomic E-state index is 2.29. The molecule has 0 unspecified atom stereocenters. The standard InChI is InChI=1S/C19H18S/c1-13-4-7-16(8-5-13)17-9-10-18(14(2)12-17)19-11-6-15(3)20-19/h4-12H,1-3H3. The number of benzene rings is 2. The van der Waals surface area contributed by atoms with E-state index in [1.807, 2.05) is 11.3 Å². The van der Waals surface area contributed by atoms with Gasteiger partial charge in [-0.25, -0.2) is 0 Å². The maximum Gasteiger partial charge on any atom is 0.0348 e. The minimum atomic E-state index is 1.28. The lowest BCUT2D eigenvalue weighted by Gasteiger charge is -2.08. The molecule has 0 spiro atoms. The van der Waals surface area contributed by atoms with Crippen LogP contribution in [0.1, 0.15) is 16.0 Å². The summed E-state index contributed by atoms with van der Waals surface area (Å²) in [4.78, 5) is 2.72. The molecule has 2 aromatic carbocycles. The largest absolute Gasteiger partial charge is 0.141 e. The summed E-state index contributed by atoms with van der Waals surface area (Å²) in [5.41, 5.74) is 6.56. The fourth-order valence-corrected chi connectivity index (χ4v) is 3.40. The third-order valence-corrected chi connectivity index (χ3v) is 4.65. The molecule has 3 rings (SSSR count). The molecule has 0 bridgehead atoms. The van der Waals surface area contributed by atoms with E-state index in [1.54, 1.807) is 0 Å². The molecule has 0 saturated carbocycles. The predicted molar refractivity (Wildman–Crippen MR) is 89.4 cm³/mol. The average Bonchev–Trinajstić information content (AvgIpc) is 2.86. The lowest BCUT2D eigenvalue weighted by molar-refractivity contribution is 1.44. The second-order valence-electron chi connectivity index (χ2n) is 5.31. The third-order valence-electron chi connectivity index (χ3n) is 3.62. The van der Waals surface area contributed by atoms with Gasteiger partial charge >= 0.3 is 0 Å². The highest BCUT2D eigenvalue weighted by molar-refractivity contribution is 7.15. The maximum absolute atomic E-state index is 2.29. The van der Waals surface area contributed by atoms with Crippen molar-refractivity contribution in [3.05, 3.63) is 70.6 Å². The quantitative estimate of drug-likeness (QED) is 0.538. The third kappa shape index (κ3) is 2.54. The Kier molecular flexibility index (Phi) is 3.45. The normalized spacial score (nSPS) is 10.8. The monoisotopic (exact) mass is 278 g/mol. The lowest BCUT2D eigenvalue weighted by atomic mass is 9.98. The average molecular weight is 278 g/mol. The molecule has 3 aromatic rings. The molecular formula is C19H18S. The summed E-state index contributed by atoms with van der Waals surface area (Å²) < 4.78 is 0. The summed E-state index contributed by atoms with van der Waals surface area (Å²) in [6, 6.07) is 19.9. The summed E-state index contributed by atoms with van der Waals surface area (Å²) in [5, 5.41) is 0. The van der Waals surface area contributed by atoms with Crippen LogP contribution in [0.2, 0.25) is 0 Å². The molecule has 1 heterocycles. The number of thiophene rings is 1. The van der Waals surface area contributed by atoms with Gasteiger partial charge in [0.2, 0.25) is 0 Å². The van der Waals surface area contributed by atoms with E-state index >= 15 is 0 Å². The van der Waals surface area contributed by atoms with Gasteiger partial charge in [0.15, 0.2) is 0 Å². The number of aryl methyl sites for hydroxylation is 3. The van der Waals surface area contributed by atoms with E-state index in [2.05, 4.69) is 75.4 Å². The van der Waals surface area contributed by atoms with Crippen molar-refractivity contribution in [2.45, 2.75) is 20.8 Å². The summed E-state index contributed by atoms with van der Waals surface area (Å²) in [5.74, 6) is 0. The van der Waals surface area contributed by atoms with Gasteiger partial charge in [0.05, 0.1) is 0 Å². The van der Waals surface area contributed by atoms with Crippen LogP contribution in [0.25, 0.3) is 21.6 Å². The van der Waals surface area contributed by atoms with Crippen molar-refractivity contribution in [3.8, 4) is 21.6 Å². The van der Waals surface area contributed by atoms with Crippen LogP contribution in [0.5, 0.6) is 0 Å². The Morgan fingerprint density at radius 3 is 2.00 bits per heavy atom. The molecule has 0 fully saturated rings. The van der Waals surface area contributed by atoms with E-state index in [9.17, 15) is 0 Å². The number of rotatable bonds is 2. The SMILES string of the molecule is Cc1ccc(-c2ccc(-c3ccc(C)s3)c(C)c2)cc1. The van der Waals surface area contributed by atoms with Crippen molar-refractivity contribution in [2.75, 3.05) is 0 Å². The molecule has 1 heteroatoms. The van der Waals surface area contributed by atoms with Crippen LogP contribution in [0, 0.1) is 20.8 Å². The first kappa shape index (κ1) is 13.1. The van der Waals surface area contributed by atoms with Gasteiger partial charge in [-0.1, -0.05) is 48.0 Å². The predicted octanol–water partition coefficient (Wildman–Crippen LogP) is 6.01. The first-order valence-corrected chi connectivity index (χ1v) is 7.69. The second kappa shape index (κ2) is 5.26. The number of hydrogen-bond acceptors (Lipinski definition) is 1. The lowest BCUT2D eigenvalue weighted by Crippen LogP contribution is -1.84. The van der Waals surface area contributed by atoms with E-state index in [0.717, 1.165) is 0 Å². The molecule has 0 aliphatic heterocycles. The van der Waals surface area contributed by atoms with Crippen LogP contribution in [-0.4, -0.2) is 0 Å². The molecule has 0 aliphatic carbocycles. The zero-order valence-corrected chi connectivity index (χ0v) is 12.9. The molecule has 0 nitrogen and oxygen atoms in total. The molecule has 0 radical (unpaired) electrons. The Morgan fingerprint density at radius 1 is 0.700 bits per heavy atom. The fourth-order valence-electron chi connectivity index (χ4n) is 2.44. The Balaban J connectivity index is 2.01. The first-order chi connectivity index (χ1) is 9.63. The Labute approximate surface area is 124 Å². The van der Waals surface area contributed by atoms with Gasteiger partial charge in [0, 0.05) is 9.75 Å². The van der Waals surface area contributed by atoms with Crippen molar-refractivity contribution in [1.29, 1.82) is 0 Å². The molecule has 100 valence electrons. The molecule has 0 aliphatic rings. The van der Waals surface area contributed by atoms with Crippen LogP contribution in [-0.2, 0) is 0 Å². The smallest absolute Gasteiger partial charge is 0.0348 e. The van der Waals surface area contributed by atoms with Crippen molar-refractivity contribution in [3.63, 3.8) is 0 Å². The summed E-state index contributed by atoms with van der Waals surface area (Å²) in [6.07, 6.45) is 0. The van der Waals surface area contributed by atoms with Crippen LogP contribution in [0.15, 0.2) is 54.6 Å². The van der Waals surface area contributed by atoms with Gasteiger partial charge in [0.25, 0.3) is 0 Å². The van der Waals surface area contributed by atoms with Crippen molar-refractivity contribution >= 4 is 11.3 Å².